The molecule has 1 atom stereocenters. The number of aromatic amines is 1. The number of hydrogen-bond acceptors (Lipinski definition) is 5. The molecule has 36 heavy (non-hydrogen) atoms. The fourth-order valence-corrected chi connectivity index (χ4v) is 4.09. The summed E-state index contributed by atoms with van der Waals surface area (Å²) in [5.41, 5.74) is 5.01. The number of carboxylic acid groups (broad SMARTS) is 1. The molecular formula is C28H23N3O5. The maximum Gasteiger partial charge on any atom is 0.412 e. The summed E-state index contributed by atoms with van der Waals surface area (Å²) in [6, 6.07) is 24.0. The largest absolute Gasteiger partial charge is 0.478 e. The molecule has 0 bridgehead atoms. The number of rotatable bonds is 6. The number of hydrogen-bond donors (Lipinski definition) is 3. The van der Waals surface area contributed by atoms with Crippen molar-refractivity contribution in [2.75, 3.05) is 5.32 Å². The van der Waals surface area contributed by atoms with Crippen molar-refractivity contribution in [3.8, 4) is 22.6 Å². The summed E-state index contributed by atoms with van der Waals surface area (Å²) >= 11 is 0. The molecule has 2 aromatic heterocycles. The van der Waals surface area contributed by atoms with Crippen LogP contribution in [0.4, 0.5) is 10.5 Å². The molecule has 3 aromatic carbocycles. The van der Waals surface area contributed by atoms with E-state index in [0.717, 1.165) is 22.2 Å². The van der Waals surface area contributed by atoms with E-state index in [9.17, 15) is 14.7 Å². The Kier molecular flexibility index (Phi) is 6.00. The standard InChI is InChI=1S/C28H23N3O5/c1-16-24(30-28(34)35-17(2)18-7-4-3-5-8-18)26(36-31-16)20-13-11-19(12-14-20)23-15-21-9-6-10-22(27(32)33)25(21)29-23/h3-15,17,29H,1-2H3,(H,30,34)(H,32,33). The number of carbonyl (C=O) groups excluding carboxylic acids is 1. The van der Waals surface area contributed by atoms with Crippen molar-refractivity contribution in [3.63, 3.8) is 0 Å². The van der Waals surface area contributed by atoms with E-state index in [0.29, 0.717) is 28.2 Å². The van der Waals surface area contributed by atoms with Gasteiger partial charge in [0.25, 0.3) is 0 Å². The Morgan fingerprint density at radius 2 is 1.72 bits per heavy atom. The van der Waals surface area contributed by atoms with Gasteiger partial charge in [0.2, 0.25) is 0 Å². The number of nitrogens with one attached hydrogen (secondary N) is 2. The van der Waals surface area contributed by atoms with E-state index in [4.69, 9.17) is 9.26 Å². The molecule has 0 radical (unpaired) electrons. The second kappa shape index (κ2) is 9.42. The summed E-state index contributed by atoms with van der Waals surface area (Å²) in [6.07, 6.45) is -1.03. The molecule has 2 heterocycles. The molecule has 0 aliphatic heterocycles. The van der Waals surface area contributed by atoms with Gasteiger partial charge >= 0.3 is 12.1 Å². The second-order valence-corrected chi connectivity index (χ2v) is 8.39. The fraction of sp³-hybridized carbons (Fsp3) is 0.107. The van der Waals surface area contributed by atoms with E-state index in [-0.39, 0.29) is 5.56 Å². The van der Waals surface area contributed by atoms with Crippen LogP contribution in [0.3, 0.4) is 0 Å². The normalized spacial score (nSPS) is 11.8. The Bertz CT molecular complexity index is 1550. The molecule has 0 saturated carbocycles. The molecule has 0 fully saturated rings. The highest BCUT2D eigenvalue weighted by Gasteiger charge is 2.20. The number of para-hydroxylation sites is 1. The minimum absolute atomic E-state index is 0.219. The summed E-state index contributed by atoms with van der Waals surface area (Å²) in [6.45, 7) is 3.54. The molecule has 5 rings (SSSR count). The van der Waals surface area contributed by atoms with Crippen LogP contribution in [0.25, 0.3) is 33.5 Å². The smallest absolute Gasteiger partial charge is 0.412 e. The van der Waals surface area contributed by atoms with Crippen LogP contribution in [-0.2, 0) is 4.74 Å². The van der Waals surface area contributed by atoms with Crippen molar-refractivity contribution in [1.29, 1.82) is 0 Å². The summed E-state index contributed by atoms with van der Waals surface area (Å²) < 4.78 is 11.0. The number of ether oxygens (including phenoxy) is 1. The van der Waals surface area contributed by atoms with Gasteiger partial charge in [-0.25, -0.2) is 9.59 Å². The average molecular weight is 482 g/mol. The summed E-state index contributed by atoms with van der Waals surface area (Å²) in [5, 5.41) is 17.0. The molecule has 5 aromatic rings. The van der Waals surface area contributed by atoms with E-state index in [1.54, 1.807) is 26.0 Å². The lowest BCUT2D eigenvalue weighted by Gasteiger charge is -2.14. The van der Waals surface area contributed by atoms with Crippen LogP contribution >= 0.6 is 0 Å². The number of nitrogens with zero attached hydrogens (tertiary/aromatic N) is 1. The van der Waals surface area contributed by atoms with E-state index in [1.807, 2.05) is 66.7 Å². The van der Waals surface area contributed by atoms with Gasteiger partial charge < -0.3 is 19.4 Å². The first kappa shape index (κ1) is 22.9. The van der Waals surface area contributed by atoms with Crippen molar-refractivity contribution < 1.29 is 24.0 Å². The highest BCUT2D eigenvalue weighted by Crippen LogP contribution is 2.33. The van der Waals surface area contributed by atoms with E-state index >= 15 is 0 Å². The number of carbonyl (C=O) groups is 2. The zero-order valence-corrected chi connectivity index (χ0v) is 19.6. The number of amides is 1. The van der Waals surface area contributed by atoms with Crippen LogP contribution in [0.5, 0.6) is 0 Å². The van der Waals surface area contributed by atoms with Gasteiger partial charge in [-0.15, -0.1) is 0 Å². The Morgan fingerprint density at radius 3 is 2.44 bits per heavy atom. The summed E-state index contributed by atoms with van der Waals surface area (Å²) in [5.74, 6) is -0.574. The molecule has 1 unspecified atom stereocenters. The molecule has 8 heteroatoms. The average Bonchev–Trinajstić information content (AvgIpc) is 3.48. The van der Waals surface area contributed by atoms with Gasteiger partial charge in [-0.05, 0) is 37.1 Å². The third-order valence-electron chi connectivity index (χ3n) is 5.99. The molecule has 1 amide bonds. The zero-order chi connectivity index (χ0) is 25.2. The molecule has 0 saturated heterocycles. The van der Waals surface area contributed by atoms with Crippen LogP contribution in [0.15, 0.2) is 83.4 Å². The molecule has 8 nitrogen and oxygen atoms in total. The van der Waals surface area contributed by atoms with E-state index < -0.39 is 18.2 Å². The Morgan fingerprint density at radius 1 is 1.00 bits per heavy atom. The van der Waals surface area contributed by atoms with Crippen molar-refractivity contribution in [1.82, 2.24) is 10.1 Å². The number of fused-ring (bicyclic) bond motifs is 1. The second-order valence-electron chi connectivity index (χ2n) is 8.39. The van der Waals surface area contributed by atoms with Crippen molar-refractivity contribution >= 4 is 28.7 Å². The van der Waals surface area contributed by atoms with Crippen molar-refractivity contribution in [2.45, 2.75) is 20.0 Å². The first-order valence-corrected chi connectivity index (χ1v) is 11.4. The first-order valence-electron chi connectivity index (χ1n) is 11.4. The van der Waals surface area contributed by atoms with Gasteiger partial charge in [0.15, 0.2) is 5.76 Å². The van der Waals surface area contributed by atoms with Gasteiger partial charge in [0.1, 0.15) is 17.5 Å². The number of anilines is 1. The van der Waals surface area contributed by atoms with Crippen molar-refractivity contribution in [2.24, 2.45) is 0 Å². The quantitative estimate of drug-likeness (QED) is 0.245. The summed E-state index contributed by atoms with van der Waals surface area (Å²) in [7, 11) is 0. The molecule has 3 N–H and O–H groups in total. The minimum atomic E-state index is -0.984. The molecule has 0 spiro atoms. The molecular weight excluding hydrogens is 458 g/mol. The van der Waals surface area contributed by atoms with Gasteiger partial charge in [0.05, 0.1) is 11.1 Å². The molecule has 180 valence electrons. The lowest BCUT2D eigenvalue weighted by atomic mass is 10.1. The van der Waals surface area contributed by atoms with Crippen LogP contribution in [0, 0.1) is 6.92 Å². The lowest BCUT2D eigenvalue weighted by Crippen LogP contribution is -2.16. The number of aryl methyl sites for hydroxylation is 1. The van der Waals surface area contributed by atoms with Crippen LogP contribution in [-0.4, -0.2) is 27.3 Å². The van der Waals surface area contributed by atoms with Gasteiger partial charge in [-0.3, -0.25) is 5.32 Å². The monoisotopic (exact) mass is 481 g/mol. The molecule has 0 aliphatic rings. The lowest BCUT2D eigenvalue weighted by molar-refractivity contribution is 0.0698. The number of aromatic carboxylic acids is 1. The van der Waals surface area contributed by atoms with Crippen LogP contribution < -0.4 is 5.32 Å². The van der Waals surface area contributed by atoms with Crippen LogP contribution in [0.1, 0.15) is 34.6 Å². The number of carboxylic acids is 1. The minimum Gasteiger partial charge on any atom is -0.478 e. The van der Waals surface area contributed by atoms with Crippen LogP contribution in [0.2, 0.25) is 0 Å². The highest BCUT2D eigenvalue weighted by molar-refractivity contribution is 6.03. The van der Waals surface area contributed by atoms with E-state index in [1.165, 1.54) is 0 Å². The third kappa shape index (κ3) is 4.44. The van der Waals surface area contributed by atoms with Gasteiger partial charge in [-0.1, -0.05) is 71.9 Å². The zero-order valence-electron chi connectivity index (χ0n) is 19.6. The Hall–Kier alpha value is -4.85. The summed E-state index contributed by atoms with van der Waals surface area (Å²) in [4.78, 5) is 27.3. The maximum atomic E-state index is 12.6. The van der Waals surface area contributed by atoms with E-state index in [2.05, 4.69) is 15.5 Å². The molecule has 0 aliphatic carbocycles. The Labute approximate surface area is 206 Å². The third-order valence-corrected chi connectivity index (χ3v) is 5.99. The predicted molar refractivity (Wildman–Crippen MR) is 136 cm³/mol. The van der Waals surface area contributed by atoms with Gasteiger partial charge in [0, 0.05) is 16.6 Å². The first-order chi connectivity index (χ1) is 17.4. The number of aromatic nitrogens is 2. The SMILES string of the molecule is Cc1noc(-c2ccc(-c3cc4cccc(C(=O)O)c4[nH]3)cc2)c1NC(=O)OC(C)c1ccccc1. The van der Waals surface area contributed by atoms with Gasteiger partial charge in [-0.2, -0.15) is 0 Å². The Balaban J connectivity index is 1.36. The predicted octanol–water partition coefficient (Wildman–Crippen LogP) is 6.81. The maximum absolute atomic E-state index is 12.6. The fourth-order valence-electron chi connectivity index (χ4n) is 4.09. The topological polar surface area (TPSA) is 117 Å². The number of benzene rings is 3. The highest BCUT2D eigenvalue weighted by atomic mass is 16.6. The van der Waals surface area contributed by atoms with Crippen molar-refractivity contribution in [3.05, 3.63) is 95.7 Å². The number of H-pyrrole nitrogens is 1.